The Morgan fingerprint density at radius 3 is 2.73 bits per heavy atom. The van der Waals surface area contributed by atoms with E-state index >= 15 is 0 Å². The van der Waals surface area contributed by atoms with E-state index in [0.29, 0.717) is 22.8 Å². The summed E-state index contributed by atoms with van der Waals surface area (Å²) in [5, 5.41) is 7.87. The number of amides is 2. The quantitative estimate of drug-likeness (QED) is 0.437. The Labute approximate surface area is 224 Å². The third kappa shape index (κ3) is 5.05. The SMILES string of the molecule is CN1CCc2nc(NC(=O)c3cccc(C4CCCN4C(=O)c4ccc(C5CSN=N5)cc4)c3)sc2C1. The number of fused-ring (bicyclic) bond motifs is 1. The summed E-state index contributed by atoms with van der Waals surface area (Å²) in [5.74, 6) is 0.688. The molecule has 0 aliphatic carbocycles. The van der Waals surface area contributed by atoms with Gasteiger partial charge >= 0.3 is 0 Å². The Hall–Kier alpha value is -3.08. The molecule has 6 rings (SSSR count). The van der Waals surface area contributed by atoms with Gasteiger partial charge in [0.15, 0.2) is 5.13 Å². The third-order valence-corrected chi connectivity index (χ3v) is 8.88. The predicted molar refractivity (Wildman–Crippen MR) is 146 cm³/mol. The molecule has 2 aromatic carbocycles. The van der Waals surface area contributed by atoms with Crippen LogP contribution >= 0.6 is 23.3 Å². The molecule has 190 valence electrons. The van der Waals surface area contributed by atoms with Gasteiger partial charge in [-0.05, 0) is 67.2 Å². The first-order chi connectivity index (χ1) is 18.0. The van der Waals surface area contributed by atoms with Gasteiger partial charge in [0.05, 0.1) is 11.7 Å². The molecule has 0 spiro atoms. The molecular weight excluding hydrogens is 504 g/mol. The van der Waals surface area contributed by atoms with Crippen molar-refractivity contribution in [1.82, 2.24) is 14.8 Å². The average Bonchev–Trinajstić information content (AvgIpc) is 3.69. The fraction of sp³-hybridized carbons (Fsp3) is 0.370. The van der Waals surface area contributed by atoms with Gasteiger partial charge in [0.1, 0.15) is 6.04 Å². The van der Waals surface area contributed by atoms with E-state index < -0.39 is 0 Å². The minimum atomic E-state index is -0.171. The Morgan fingerprint density at radius 2 is 1.92 bits per heavy atom. The van der Waals surface area contributed by atoms with Crippen LogP contribution in [0.15, 0.2) is 58.2 Å². The topological polar surface area (TPSA) is 90.3 Å². The molecule has 8 nitrogen and oxygen atoms in total. The summed E-state index contributed by atoms with van der Waals surface area (Å²) < 4.78 is 4.00. The van der Waals surface area contributed by atoms with E-state index in [2.05, 4.69) is 31.9 Å². The van der Waals surface area contributed by atoms with Crippen molar-refractivity contribution in [3.05, 3.63) is 81.4 Å². The zero-order valence-electron chi connectivity index (χ0n) is 20.6. The molecule has 3 aromatic rings. The lowest BCUT2D eigenvalue weighted by molar-refractivity contribution is 0.0735. The van der Waals surface area contributed by atoms with E-state index in [1.54, 1.807) is 11.3 Å². The van der Waals surface area contributed by atoms with Gasteiger partial charge in [-0.15, -0.1) is 15.9 Å². The number of anilines is 1. The maximum Gasteiger partial charge on any atom is 0.257 e. The fourth-order valence-electron chi connectivity index (χ4n) is 5.19. The van der Waals surface area contributed by atoms with Crippen LogP contribution in [0.1, 0.15) is 67.3 Å². The highest BCUT2D eigenvalue weighted by Gasteiger charge is 2.31. The van der Waals surface area contributed by atoms with E-state index in [1.165, 1.54) is 16.8 Å². The van der Waals surface area contributed by atoms with Crippen LogP contribution in [-0.2, 0) is 13.0 Å². The van der Waals surface area contributed by atoms with Crippen LogP contribution in [0.5, 0.6) is 0 Å². The molecule has 1 N–H and O–H groups in total. The Morgan fingerprint density at radius 1 is 1.05 bits per heavy atom. The van der Waals surface area contributed by atoms with Crippen molar-refractivity contribution in [2.45, 2.75) is 37.9 Å². The zero-order chi connectivity index (χ0) is 25.4. The second kappa shape index (κ2) is 10.4. The summed E-state index contributed by atoms with van der Waals surface area (Å²) in [5.41, 5.74) is 4.40. The maximum atomic E-state index is 13.4. The number of hydrogen-bond acceptors (Lipinski definition) is 8. The minimum absolute atomic E-state index is 0.0182. The van der Waals surface area contributed by atoms with Crippen molar-refractivity contribution in [2.75, 3.05) is 31.2 Å². The van der Waals surface area contributed by atoms with E-state index in [9.17, 15) is 9.59 Å². The summed E-state index contributed by atoms with van der Waals surface area (Å²) in [6.07, 6.45) is 2.72. The summed E-state index contributed by atoms with van der Waals surface area (Å²) in [6, 6.07) is 15.4. The molecule has 4 heterocycles. The standard InChI is InChI=1S/C27H28N6O2S2/c1-32-13-11-21-24(15-32)37-27(28-21)29-25(34)20-5-2-4-19(14-20)23-6-3-12-33(23)26(35)18-9-7-17(8-10-18)22-16-36-31-30-22/h2,4-5,7-10,14,22-23H,3,6,11-13,15-16H2,1H3,(H,28,29,34). The van der Waals surface area contributed by atoms with Gasteiger partial charge in [-0.2, -0.15) is 5.11 Å². The molecule has 0 radical (unpaired) electrons. The van der Waals surface area contributed by atoms with Crippen LogP contribution in [-0.4, -0.2) is 52.5 Å². The van der Waals surface area contributed by atoms with Crippen LogP contribution in [0.2, 0.25) is 0 Å². The Bertz CT molecular complexity index is 1360. The molecule has 0 saturated carbocycles. The number of thiazole rings is 1. The molecule has 10 heteroatoms. The van der Waals surface area contributed by atoms with Crippen LogP contribution in [0, 0.1) is 0 Å². The molecule has 0 bridgehead atoms. The highest BCUT2D eigenvalue weighted by molar-refractivity contribution is 7.98. The second-order valence-corrected chi connectivity index (χ2v) is 11.6. The second-order valence-electron chi connectivity index (χ2n) is 9.74. The number of benzene rings is 2. The van der Waals surface area contributed by atoms with Crippen LogP contribution in [0.25, 0.3) is 0 Å². The van der Waals surface area contributed by atoms with Gasteiger partial charge in [0.25, 0.3) is 11.8 Å². The van der Waals surface area contributed by atoms with Gasteiger partial charge in [-0.1, -0.05) is 24.3 Å². The van der Waals surface area contributed by atoms with Gasteiger partial charge in [0.2, 0.25) is 0 Å². The fourth-order valence-corrected chi connectivity index (χ4v) is 6.92. The summed E-state index contributed by atoms with van der Waals surface area (Å²) in [6.45, 7) is 2.56. The van der Waals surface area contributed by atoms with Gasteiger partial charge < -0.3 is 9.80 Å². The lowest BCUT2D eigenvalue weighted by atomic mass is 10.0. The first-order valence-electron chi connectivity index (χ1n) is 12.6. The van der Waals surface area contributed by atoms with Crippen molar-refractivity contribution >= 4 is 40.2 Å². The molecule has 1 aromatic heterocycles. The van der Waals surface area contributed by atoms with Gasteiger partial charge in [-0.3, -0.25) is 14.9 Å². The molecule has 37 heavy (non-hydrogen) atoms. The number of nitrogens with one attached hydrogen (secondary N) is 1. The first kappa shape index (κ1) is 24.3. The smallest absolute Gasteiger partial charge is 0.257 e. The van der Waals surface area contributed by atoms with Crippen LogP contribution in [0.3, 0.4) is 0 Å². The summed E-state index contributed by atoms with van der Waals surface area (Å²) in [7, 11) is 2.10. The van der Waals surface area contributed by atoms with E-state index in [1.807, 2.05) is 53.4 Å². The van der Waals surface area contributed by atoms with E-state index in [4.69, 9.17) is 0 Å². The van der Waals surface area contributed by atoms with Gasteiger partial charge in [-0.25, -0.2) is 4.98 Å². The number of hydrogen-bond donors (Lipinski definition) is 1. The number of carbonyl (C=O) groups is 2. The van der Waals surface area contributed by atoms with Crippen molar-refractivity contribution < 1.29 is 9.59 Å². The summed E-state index contributed by atoms with van der Waals surface area (Å²) in [4.78, 5) is 36.6. The molecular formula is C27H28N6O2S2. The zero-order valence-corrected chi connectivity index (χ0v) is 22.2. The number of nitrogens with zero attached hydrogens (tertiary/aromatic N) is 5. The highest BCUT2D eigenvalue weighted by atomic mass is 32.2. The first-order valence-corrected chi connectivity index (χ1v) is 14.3. The lowest BCUT2D eigenvalue weighted by Gasteiger charge is -2.25. The molecule has 2 unspecified atom stereocenters. The van der Waals surface area contributed by atoms with E-state index in [-0.39, 0.29) is 23.9 Å². The van der Waals surface area contributed by atoms with Crippen molar-refractivity contribution in [2.24, 2.45) is 9.63 Å². The third-order valence-electron chi connectivity index (χ3n) is 7.21. The van der Waals surface area contributed by atoms with Crippen molar-refractivity contribution in [3.8, 4) is 0 Å². The number of aromatic nitrogens is 1. The van der Waals surface area contributed by atoms with E-state index in [0.717, 1.165) is 54.9 Å². The largest absolute Gasteiger partial charge is 0.332 e. The molecule has 1 fully saturated rings. The highest BCUT2D eigenvalue weighted by Crippen LogP contribution is 2.35. The monoisotopic (exact) mass is 532 g/mol. The lowest BCUT2D eigenvalue weighted by Crippen LogP contribution is -2.30. The number of rotatable bonds is 5. The number of likely N-dealkylation sites (tertiary alicyclic amines) is 1. The average molecular weight is 533 g/mol. The van der Waals surface area contributed by atoms with Crippen LogP contribution in [0.4, 0.5) is 5.13 Å². The molecule has 2 amide bonds. The Kier molecular flexibility index (Phi) is 6.79. The predicted octanol–water partition coefficient (Wildman–Crippen LogP) is 5.52. The molecule has 3 aliphatic heterocycles. The minimum Gasteiger partial charge on any atom is -0.332 e. The number of likely N-dealkylation sites (N-methyl/N-ethyl adjacent to an activating group) is 1. The Balaban J connectivity index is 1.16. The summed E-state index contributed by atoms with van der Waals surface area (Å²) >= 11 is 3.02. The number of carbonyl (C=O) groups excluding carboxylic acids is 2. The normalized spacial score (nSPS) is 21.3. The van der Waals surface area contributed by atoms with Crippen molar-refractivity contribution in [1.29, 1.82) is 0 Å². The molecule has 1 saturated heterocycles. The molecule has 2 atom stereocenters. The molecule has 3 aliphatic rings. The van der Waals surface area contributed by atoms with Gasteiger partial charge in [0, 0.05) is 47.8 Å². The van der Waals surface area contributed by atoms with Crippen LogP contribution < -0.4 is 5.32 Å². The van der Waals surface area contributed by atoms with Crippen molar-refractivity contribution in [3.63, 3.8) is 0 Å². The maximum absolute atomic E-state index is 13.4.